The Labute approximate surface area is 166 Å². The Hall–Kier alpha value is -0.913. The van der Waals surface area contributed by atoms with Gasteiger partial charge in [0, 0.05) is 45.8 Å². The van der Waals surface area contributed by atoms with E-state index in [4.69, 9.17) is 35.4 Å². The minimum atomic E-state index is -4.67. The van der Waals surface area contributed by atoms with E-state index in [1.165, 1.54) is 6.92 Å². The highest BCUT2D eigenvalue weighted by Crippen LogP contribution is 2.26. The second kappa shape index (κ2) is 11.9. The molecule has 0 amide bonds. The van der Waals surface area contributed by atoms with E-state index in [9.17, 15) is 8.42 Å². The first-order chi connectivity index (χ1) is 12.8. The van der Waals surface area contributed by atoms with Crippen LogP contribution < -0.4 is 0 Å². The number of hydrogen-bond donors (Lipinski definition) is 3. The fourth-order valence-corrected chi connectivity index (χ4v) is 4.64. The van der Waals surface area contributed by atoms with Gasteiger partial charge in [-0.2, -0.15) is 16.8 Å². The summed E-state index contributed by atoms with van der Waals surface area (Å²) in [5.41, 5.74) is 0. The van der Waals surface area contributed by atoms with Crippen LogP contribution in [0.2, 0.25) is 6.04 Å². The molecule has 0 spiro atoms. The van der Waals surface area contributed by atoms with Gasteiger partial charge in [-0.15, -0.1) is 0 Å². The van der Waals surface area contributed by atoms with E-state index in [2.05, 4.69) is 4.98 Å². The van der Waals surface area contributed by atoms with Crippen molar-refractivity contribution in [3.8, 4) is 0 Å². The molecule has 0 fully saturated rings. The lowest BCUT2D eigenvalue weighted by Crippen LogP contribution is -2.43. The van der Waals surface area contributed by atoms with Crippen molar-refractivity contribution in [3.05, 3.63) is 18.7 Å². The smallest absolute Gasteiger partial charge is 0.377 e. The van der Waals surface area contributed by atoms with Crippen molar-refractivity contribution >= 4 is 29.3 Å². The zero-order chi connectivity index (χ0) is 22.0. The van der Waals surface area contributed by atoms with Crippen molar-refractivity contribution in [3.63, 3.8) is 0 Å². The van der Waals surface area contributed by atoms with Crippen LogP contribution in [-0.4, -0.2) is 75.4 Å². The third-order valence-corrected chi connectivity index (χ3v) is 8.10. The van der Waals surface area contributed by atoms with Crippen LogP contribution in [0.5, 0.6) is 0 Å². The summed E-state index contributed by atoms with van der Waals surface area (Å²) in [6.07, 6.45) is 6.82. The predicted octanol–water partition coefficient (Wildman–Crippen LogP) is 1.10. The minimum Gasteiger partial charge on any atom is -0.377 e. The topological polar surface area (TPSA) is 174 Å². The SMILES string of the molecule is CO[Si](CCC(CCC(C)S(=O)(=O)O)n1ccnc1)(OC)OC.O=S(=O)(O)O. The first-order valence-electron chi connectivity index (χ1n) is 8.07. The Kier molecular flexibility index (Phi) is 11.5. The Morgan fingerprint density at radius 2 is 1.50 bits per heavy atom. The molecule has 1 aromatic heterocycles. The molecule has 0 saturated heterocycles. The maximum absolute atomic E-state index is 11.2. The number of aromatic nitrogens is 2. The summed E-state index contributed by atoms with van der Waals surface area (Å²) in [4.78, 5) is 4.04. The summed E-state index contributed by atoms with van der Waals surface area (Å²) in [6, 6.07) is 0.619. The Morgan fingerprint density at radius 3 is 1.86 bits per heavy atom. The van der Waals surface area contributed by atoms with Crippen molar-refractivity contribution in [2.75, 3.05) is 21.3 Å². The van der Waals surface area contributed by atoms with Crippen LogP contribution in [0.25, 0.3) is 0 Å². The molecule has 2 unspecified atom stereocenters. The van der Waals surface area contributed by atoms with E-state index in [1.54, 1.807) is 33.9 Å². The van der Waals surface area contributed by atoms with Gasteiger partial charge in [-0.25, -0.2) is 4.98 Å². The van der Waals surface area contributed by atoms with Crippen LogP contribution in [-0.2, 0) is 33.8 Å². The molecule has 0 radical (unpaired) electrons. The van der Waals surface area contributed by atoms with Gasteiger partial charge in [0.1, 0.15) is 0 Å². The molecule has 1 heterocycles. The van der Waals surface area contributed by atoms with E-state index < -0.39 is 34.6 Å². The average Bonchev–Trinajstić information content (AvgIpc) is 3.10. The molecule has 166 valence electrons. The molecular formula is C13H28N2O10S2Si. The van der Waals surface area contributed by atoms with E-state index in [1.807, 2.05) is 10.8 Å². The summed E-state index contributed by atoms with van der Waals surface area (Å²) in [5, 5.41) is -0.803. The van der Waals surface area contributed by atoms with E-state index in [0.717, 1.165) is 0 Å². The van der Waals surface area contributed by atoms with Gasteiger partial charge in [-0.05, 0) is 26.2 Å². The quantitative estimate of drug-likeness (QED) is 0.316. The summed E-state index contributed by atoms with van der Waals surface area (Å²) in [7, 11) is -6.68. The molecular weight excluding hydrogens is 436 g/mol. The standard InChI is InChI=1S/C13H26N2O6SSi.H2O4S/c1-12(22(16,17)18)5-6-13(15-9-8-14-11-15)7-10-23(19-2,20-3)21-4;1-5(2,3)4/h8-9,11-13H,5-7,10H2,1-4H3,(H,16,17,18);(H2,1,2,3,4). The van der Waals surface area contributed by atoms with Crippen LogP contribution in [0.4, 0.5) is 0 Å². The summed E-state index contributed by atoms with van der Waals surface area (Å²) in [5.74, 6) is 0. The Bertz CT molecular complexity index is 734. The van der Waals surface area contributed by atoms with Gasteiger partial charge in [-0.1, -0.05) is 0 Å². The first-order valence-corrected chi connectivity index (χ1v) is 12.9. The molecule has 1 aromatic rings. The lowest BCUT2D eigenvalue weighted by Gasteiger charge is -2.27. The molecule has 3 N–H and O–H groups in total. The monoisotopic (exact) mass is 464 g/mol. The molecule has 0 aliphatic carbocycles. The van der Waals surface area contributed by atoms with Gasteiger partial charge in [-0.3, -0.25) is 13.7 Å². The van der Waals surface area contributed by atoms with Crippen molar-refractivity contribution in [1.29, 1.82) is 0 Å². The predicted molar refractivity (Wildman–Crippen MR) is 102 cm³/mol. The third kappa shape index (κ3) is 11.2. The van der Waals surface area contributed by atoms with Crippen molar-refractivity contribution in [2.24, 2.45) is 0 Å². The van der Waals surface area contributed by atoms with Crippen LogP contribution in [0, 0.1) is 0 Å². The molecule has 0 saturated carbocycles. The Morgan fingerprint density at radius 1 is 1.00 bits per heavy atom. The first kappa shape index (κ1) is 27.1. The normalized spacial score (nSPS) is 14.8. The zero-order valence-corrected chi connectivity index (χ0v) is 18.8. The molecule has 28 heavy (non-hydrogen) atoms. The summed E-state index contributed by atoms with van der Waals surface area (Å²) in [6.45, 7) is 1.50. The van der Waals surface area contributed by atoms with Gasteiger partial charge in [0.2, 0.25) is 0 Å². The lowest BCUT2D eigenvalue weighted by molar-refractivity contribution is 0.121. The highest BCUT2D eigenvalue weighted by atomic mass is 32.3. The van der Waals surface area contributed by atoms with Crippen LogP contribution in [0.1, 0.15) is 32.2 Å². The highest BCUT2D eigenvalue weighted by Gasteiger charge is 2.38. The molecule has 2 atom stereocenters. The van der Waals surface area contributed by atoms with Crippen LogP contribution in [0.15, 0.2) is 18.7 Å². The highest BCUT2D eigenvalue weighted by molar-refractivity contribution is 7.86. The van der Waals surface area contributed by atoms with Crippen LogP contribution in [0.3, 0.4) is 0 Å². The largest absolute Gasteiger partial charge is 0.500 e. The van der Waals surface area contributed by atoms with Crippen molar-refractivity contribution in [1.82, 2.24) is 9.55 Å². The number of imidazole rings is 1. The second-order valence-electron chi connectivity index (χ2n) is 5.85. The van der Waals surface area contributed by atoms with E-state index >= 15 is 0 Å². The van der Waals surface area contributed by atoms with Gasteiger partial charge in [0.15, 0.2) is 0 Å². The van der Waals surface area contributed by atoms with Crippen molar-refractivity contribution < 1.29 is 43.8 Å². The molecule has 0 aliphatic rings. The molecule has 15 heteroatoms. The van der Waals surface area contributed by atoms with Gasteiger partial charge < -0.3 is 17.8 Å². The maximum Gasteiger partial charge on any atom is 0.500 e. The molecule has 0 bridgehead atoms. The van der Waals surface area contributed by atoms with Crippen LogP contribution >= 0.6 is 0 Å². The third-order valence-electron chi connectivity index (χ3n) is 4.08. The fraction of sp³-hybridized carbons (Fsp3) is 0.769. The minimum absolute atomic E-state index is 0.0222. The Balaban J connectivity index is 0.00000129. The molecule has 1 rings (SSSR count). The second-order valence-corrected chi connectivity index (χ2v) is 11.7. The molecule has 0 aliphatic heterocycles. The fourth-order valence-electron chi connectivity index (χ4n) is 2.40. The average molecular weight is 465 g/mol. The number of rotatable bonds is 11. The lowest BCUT2D eigenvalue weighted by atomic mass is 10.1. The zero-order valence-electron chi connectivity index (χ0n) is 16.1. The van der Waals surface area contributed by atoms with Gasteiger partial charge in [0.05, 0.1) is 11.6 Å². The van der Waals surface area contributed by atoms with Gasteiger partial charge >= 0.3 is 19.2 Å². The number of nitrogens with zero attached hydrogens (tertiary/aromatic N) is 2. The number of hydrogen-bond acceptors (Lipinski definition) is 8. The summed E-state index contributed by atoms with van der Waals surface area (Å²) >= 11 is 0. The summed E-state index contributed by atoms with van der Waals surface area (Å²) < 4.78 is 81.2. The maximum atomic E-state index is 11.2. The van der Waals surface area contributed by atoms with Gasteiger partial charge in [0.25, 0.3) is 10.1 Å². The molecule has 0 aromatic carbocycles. The van der Waals surface area contributed by atoms with E-state index in [0.29, 0.717) is 25.3 Å². The van der Waals surface area contributed by atoms with E-state index in [-0.39, 0.29) is 6.04 Å². The molecule has 12 nitrogen and oxygen atoms in total. The van der Waals surface area contributed by atoms with Crippen molar-refractivity contribution in [2.45, 2.75) is 43.5 Å².